The molecule has 0 aromatic heterocycles. The first-order chi connectivity index (χ1) is 9.19. The summed E-state index contributed by atoms with van der Waals surface area (Å²) in [6.45, 7) is 5.99. The van der Waals surface area contributed by atoms with E-state index in [2.05, 4.69) is 10.1 Å². The smallest absolute Gasteiger partial charge is 0.406 e. The number of hydrogen-bond acceptors (Lipinski definition) is 3. The molecule has 20 heavy (non-hydrogen) atoms. The van der Waals surface area contributed by atoms with Crippen molar-refractivity contribution in [2.75, 3.05) is 6.54 Å². The minimum Gasteiger partial charge on any atom is -0.406 e. The van der Waals surface area contributed by atoms with E-state index < -0.39 is 12.5 Å². The molecule has 0 heterocycles. The third kappa shape index (κ3) is 5.79. The van der Waals surface area contributed by atoms with Crippen LogP contribution in [0, 0.1) is 5.92 Å². The lowest BCUT2D eigenvalue weighted by Gasteiger charge is -2.20. The van der Waals surface area contributed by atoms with Crippen LogP contribution in [0.25, 0.3) is 0 Å². The third-order valence-corrected chi connectivity index (χ3v) is 2.99. The molecule has 0 bridgehead atoms. The van der Waals surface area contributed by atoms with Crippen LogP contribution >= 0.6 is 0 Å². The topological polar surface area (TPSA) is 41.5 Å². The van der Waals surface area contributed by atoms with Gasteiger partial charge in [-0.3, -0.25) is 0 Å². The first kappa shape index (κ1) is 16.8. The molecule has 0 saturated heterocycles. The number of hydrogen-bond donors (Lipinski definition) is 2. The number of rotatable bonds is 6. The van der Waals surface area contributed by atoms with Crippen molar-refractivity contribution in [2.24, 2.45) is 5.92 Å². The number of ether oxygens (including phenoxy) is 1. The zero-order valence-corrected chi connectivity index (χ0v) is 11.7. The lowest BCUT2D eigenvalue weighted by molar-refractivity contribution is -0.274. The summed E-state index contributed by atoms with van der Waals surface area (Å²) >= 11 is 0. The second kappa shape index (κ2) is 6.95. The molecule has 0 aliphatic rings. The van der Waals surface area contributed by atoms with Crippen molar-refractivity contribution < 1.29 is 23.0 Å². The molecular weight excluding hydrogens is 271 g/mol. The summed E-state index contributed by atoms with van der Waals surface area (Å²) in [5.74, 6) is -0.123. The SMILES string of the molecule is CC(NCC(O)C(C)C)c1cccc(OC(F)(F)F)c1. The van der Waals surface area contributed by atoms with Crippen LogP contribution in [0.2, 0.25) is 0 Å². The van der Waals surface area contributed by atoms with Crippen LogP contribution < -0.4 is 10.1 Å². The lowest BCUT2D eigenvalue weighted by Crippen LogP contribution is -2.32. The first-order valence-corrected chi connectivity index (χ1v) is 6.46. The Bertz CT molecular complexity index is 421. The summed E-state index contributed by atoms with van der Waals surface area (Å²) in [6, 6.07) is 5.63. The minimum absolute atomic E-state index is 0.120. The van der Waals surface area contributed by atoms with E-state index in [1.165, 1.54) is 18.2 Å². The molecule has 0 radical (unpaired) electrons. The molecule has 6 heteroatoms. The van der Waals surface area contributed by atoms with Crippen LogP contribution in [0.3, 0.4) is 0 Å². The summed E-state index contributed by atoms with van der Waals surface area (Å²) in [5, 5.41) is 12.8. The molecule has 2 unspecified atom stereocenters. The molecule has 0 aliphatic carbocycles. The fourth-order valence-electron chi connectivity index (χ4n) is 1.63. The number of aliphatic hydroxyl groups is 1. The largest absolute Gasteiger partial charge is 0.573 e. The molecule has 1 aromatic rings. The number of aliphatic hydroxyl groups excluding tert-OH is 1. The molecule has 0 fully saturated rings. The third-order valence-electron chi connectivity index (χ3n) is 2.99. The van der Waals surface area contributed by atoms with Crippen molar-refractivity contribution in [2.45, 2.75) is 39.3 Å². The summed E-state index contributed by atoms with van der Waals surface area (Å²) < 4.78 is 40.3. The van der Waals surface area contributed by atoms with Gasteiger partial charge >= 0.3 is 6.36 Å². The van der Waals surface area contributed by atoms with Gasteiger partial charge in [-0.2, -0.15) is 0 Å². The van der Waals surface area contributed by atoms with Gasteiger partial charge in [0.15, 0.2) is 0 Å². The normalized spacial score (nSPS) is 15.2. The van der Waals surface area contributed by atoms with Crippen LogP contribution in [-0.2, 0) is 0 Å². The van der Waals surface area contributed by atoms with Crippen LogP contribution in [0.5, 0.6) is 5.75 Å². The van der Waals surface area contributed by atoms with Gasteiger partial charge in [-0.05, 0) is 30.5 Å². The maximum Gasteiger partial charge on any atom is 0.573 e. The van der Waals surface area contributed by atoms with Crippen molar-refractivity contribution >= 4 is 0 Å². The van der Waals surface area contributed by atoms with Gasteiger partial charge in [-0.25, -0.2) is 0 Å². The van der Waals surface area contributed by atoms with Crippen molar-refractivity contribution in [3.8, 4) is 5.75 Å². The summed E-state index contributed by atoms with van der Waals surface area (Å²) in [4.78, 5) is 0. The molecular formula is C14H20F3NO2. The molecule has 1 rings (SSSR count). The van der Waals surface area contributed by atoms with Crippen molar-refractivity contribution in [1.29, 1.82) is 0 Å². The maximum absolute atomic E-state index is 12.1. The predicted molar refractivity (Wildman–Crippen MR) is 70.4 cm³/mol. The van der Waals surface area contributed by atoms with E-state index in [0.717, 1.165) is 0 Å². The first-order valence-electron chi connectivity index (χ1n) is 6.46. The summed E-state index contributed by atoms with van der Waals surface area (Å²) in [7, 11) is 0. The Morgan fingerprint density at radius 1 is 1.25 bits per heavy atom. The molecule has 0 aliphatic heterocycles. The average molecular weight is 291 g/mol. The van der Waals surface area contributed by atoms with E-state index in [0.29, 0.717) is 12.1 Å². The van der Waals surface area contributed by atoms with E-state index in [4.69, 9.17) is 0 Å². The fourth-order valence-corrected chi connectivity index (χ4v) is 1.63. The molecule has 114 valence electrons. The number of alkyl halides is 3. The molecule has 0 spiro atoms. The van der Waals surface area contributed by atoms with Crippen molar-refractivity contribution in [3.05, 3.63) is 29.8 Å². The predicted octanol–water partition coefficient (Wildman–Crippen LogP) is 3.25. The molecule has 2 atom stereocenters. The Morgan fingerprint density at radius 3 is 2.45 bits per heavy atom. The Hall–Kier alpha value is -1.27. The fraction of sp³-hybridized carbons (Fsp3) is 0.571. The number of nitrogens with one attached hydrogen (secondary N) is 1. The standard InChI is InChI=1S/C14H20F3NO2/c1-9(2)13(19)8-18-10(3)11-5-4-6-12(7-11)20-14(15,16)17/h4-7,9-10,13,18-19H,8H2,1-3H3. The van der Waals surface area contributed by atoms with E-state index in [1.807, 2.05) is 20.8 Å². The van der Waals surface area contributed by atoms with Gasteiger partial charge in [0, 0.05) is 12.6 Å². The highest BCUT2D eigenvalue weighted by molar-refractivity contribution is 5.30. The summed E-state index contributed by atoms with van der Waals surface area (Å²) in [6.07, 6.45) is -5.18. The summed E-state index contributed by atoms with van der Waals surface area (Å²) in [5.41, 5.74) is 0.669. The second-order valence-corrected chi connectivity index (χ2v) is 5.06. The average Bonchev–Trinajstić information content (AvgIpc) is 2.33. The van der Waals surface area contributed by atoms with Crippen LogP contribution in [0.1, 0.15) is 32.4 Å². The maximum atomic E-state index is 12.1. The van der Waals surface area contributed by atoms with E-state index in [9.17, 15) is 18.3 Å². The Labute approximate surface area is 116 Å². The highest BCUT2D eigenvalue weighted by atomic mass is 19.4. The molecule has 0 amide bonds. The van der Waals surface area contributed by atoms with Gasteiger partial charge in [0.1, 0.15) is 5.75 Å². The zero-order chi connectivity index (χ0) is 15.3. The number of halogens is 3. The minimum atomic E-state index is -4.69. The zero-order valence-electron chi connectivity index (χ0n) is 11.7. The Kier molecular flexibility index (Phi) is 5.83. The van der Waals surface area contributed by atoms with Gasteiger partial charge < -0.3 is 15.2 Å². The lowest BCUT2D eigenvalue weighted by atomic mass is 10.1. The van der Waals surface area contributed by atoms with E-state index >= 15 is 0 Å². The quantitative estimate of drug-likeness (QED) is 0.845. The van der Waals surface area contributed by atoms with Crippen LogP contribution in [0.4, 0.5) is 13.2 Å². The molecule has 1 aromatic carbocycles. The monoisotopic (exact) mass is 291 g/mol. The van der Waals surface area contributed by atoms with Gasteiger partial charge in [0.25, 0.3) is 0 Å². The Morgan fingerprint density at radius 2 is 1.90 bits per heavy atom. The Balaban J connectivity index is 2.64. The van der Waals surface area contributed by atoms with Gasteiger partial charge in [0.05, 0.1) is 6.10 Å². The molecule has 0 saturated carbocycles. The molecule has 3 nitrogen and oxygen atoms in total. The van der Waals surface area contributed by atoms with E-state index in [1.54, 1.807) is 6.07 Å². The van der Waals surface area contributed by atoms with E-state index in [-0.39, 0.29) is 17.7 Å². The van der Waals surface area contributed by atoms with Crippen molar-refractivity contribution in [1.82, 2.24) is 5.32 Å². The van der Waals surface area contributed by atoms with Crippen LogP contribution in [-0.4, -0.2) is 24.1 Å². The van der Waals surface area contributed by atoms with Gasteiger partial charge in [-0.1, -0.05) is 26.0 Å². The van der Waals surface area contributed by atoms with Crippen LogP contribution in [0.15, 0.2) is 24.3 Å². The second-order valence-electron chi connectivity index (χ2n) is 5.06. The van der Waals surface area contributed by atoms with Gasteiger partial charge in [0.2, 0.25) is 0 Å². The molecule has 2 N–H and O–H groups in total. The highest BCUT2D eigenvalue weighted by Gasteiger charge is 2.31. The van der Waals surface area contributed by atoms with Gasteiger partial charge in [-0.15, -0.1) is 13.2 Å². The highest BCUT2D eigenvalue weighted by Crippen LogP contribution is 2.25. The number of benzene rings is 1. The van der Waals surface area contributed by atoms with Crippen molar-refractivity contribution in [3.63, 3.8) is 0 Å².